The van der Waals surface area contributed by atoms with Crippen LogP contribution in [0.2, 0.25) is 0 Å². The number of nitrogens with one attached hydrogen (secondary N) is 1. The summed E-state index contributed by atoms with van der Waals surface area (Å²) in [6.07, 6.45) is 0. The molecule has 0 saturated heterocycles. The second-order valence-corrected chi connectivity index (χ2v) is 4.56. The fourth-order valence-corrected chi connectivity index (χ4v) is 1.80. The van der Waals surface area contributed by atoms with Gasteiger partial charge in [-0.05, 0) is 22.3 Å². The Labute approximate surface area is 112 Å². The van der Waals surface area contributed by atoms with Crippen LogP contribution in [0.1, 0.15) is 13.8 Å². The van der Waals surface area contributed by atoms with Crippen molar-refractivity contribution in [2.75, 3.05) is 5.32 Å². The number of benzene rings is 1. The molecule has 20 heavy (non-hydrogen) atoms. The van der Waals surface area contributed by atoms with E-state index in [2.05, 4.69) is 20.3 Å². The van der Waals surface area contributed by atoms with Crippen LogP contribution in [0.15, 0.2) is 16.8 Å². The lowest BCUT2D eigenvalue weighted by Crippen LogP contribution is -2.34. The van der Waals surface area contributed by atoms with Crippen molar-refractivity contribution in [1.82, 2.24) is 10.3 Å². The number of nitro groups is 1. The number of carboxylic acid groups (broad SMARTS) is 1. The Balaban J connectivity index is 2.46. The Bertz CT molecular complexity index is 666. The number of carbonyl (C=O) groups is 1. The zero-order valence-corrected chi connectivity index (χ0v) is 10.7. The first kappa shape index (κ1) is 13.7. The van der Waals surface area contributed by atoms with Crippen molar-refractivity contribution in [3.63, 3.8) is 0 Å². The molecule has 1 unspecified atom stereocenters. The molecular weight excluding hydrogens is 268 g/mol. The maximum atomic E-state index is 11.2. The highest BCUT2D eigenvalue weighted by atomic mass is 16.6. The summed E-state index contributed by atoms with van der Waals surface area (Å²) in [4.78, 5) is 21.4. The molecule has 9 heteroatoms. The van der Waals surface area contributed by atoms with Gasteiger partial charge in [0, 0.05) is 6.07 Å². The summed E-state index contributed by atoms with van der Waals surface area (Å²) < 4.78 is 4.51. The summed E-state index contributed by atoms with van der Waals surface area (Å²) in [6, 6.07) is 1.77. The molecule has 0 spiro atoms. The topological polar surface area (TPSA) is 131 Å². The quantitative estimate of drug-likeness (QED) is 0.624. The highest BCUT2D eigenvalue weighted by molar-refractivity contribution is 5.94. The molecule has 0 amide bonds. The summed E-state index contributed by atoms with van der Waals surface area (Å²) in [5.41, 5.74) is 0.190. The first-order valence-electron chi connectivity index (χ1n) is 5.80. The standard InChI is InChI=1S/C11H12N4O5/c1-5(2)8(11(16)17)12-6-3-4-7(15(18)19)10-9(6)13-20-14-10/h3-5,8,12H,1-2H3,(H,16,17). The molecule has 1 aromatic carbocycles. The van der Waals surface area contributed by atoms with E-state index < -0.39 is 16.9 Å². The predicted octanol–water partition coefficient (Wildman–Crippen LogP) is 1.65. The summed E-state index contributed by atoms with van der Waals surface area (Å²) in [5.74, 6) is -1.21. The van der Waals surface area contributed by atoms with Crippen molar-refractivity contribution in [3.8, 4) is 0 Å². The van der Waals surface area contributed by atoms with Gasteiger partial charge in [-0.3, -0.25) is 10.1 Å². The number of hydrogen-bond acceptors (Lipinski definition) is 7. The van der Waals surface area contributed by atoms with Gasteiger partial charge in [0.05, 0.1) is 10.6 Å². The molecule has 0 aliphatic carbocycles. The number of rotatable bonds is 5. The second-order valence-electron chi connectivity index (χ2n) is 4.56. The number of hydrogen-bond donors (Lipinski definition) is 2. The Morgan fingerprint density at radius 2 is 2.05 bits per heavy atom. The molecule has 2 rings (SSSR count). The monoisotopic (exact) mass is 280 g/mol. The molecule has 0 radical (unpaired) electrons. The van der Waals surface area contributed by atoms with E-state index in [1.54, 1.807) is 13.8 Å². The zero-order valence-electron chi connectivity index (χ0n) is 10.7. The lowest BCUT2D eigenvalue weighted by atomic mass is 10.0. The largest absolute Gasteiger partial charge is 0.480 e. The van der Waals surface area contributed by atoms with Gasteiger partial charge in [0.15, 0.2) is 5.52 Å². The lowest BCUT2D eigenvalue weighted by molar-refractivity contribution is -0.383. The van der Waals surface area contributed by atoms with Crippen LogP contribution in [0.5, 0.6) is 0 Å². The van der Waals surface area contributed by atoms with Gasteiger partial charge in [-0.2, -0.15) is 0 Å². The van der Waals surface area contributed by atoms with Crippen molar-refractivity contribution in [2.24, 2.45) is 5.92 Å². The van der Waals surface area contributed by atoms with Crippen molar-refractivity contribution < 1.29 is 19.5 Å². The van der Waals surface area contributed by atoms with Crippen LogP contribution in [-0.2, 0) is 4.79 Å². The van der Waals surface area contributed by atoms with Gasteiger partial charge in [-0.15, -0.1) is 0 Å². The summed E-state index contributed by atoms with van der Waals surface area (Å²) in [7, 11) is 0. The third kappa shape index (κ3) is 2.37. The molecule has 0 bridgehead atoms. The van der Waals surface area contributed by atoms with Crippen LogP contribution in [0, 0.1) is 16.0 Å². The van der Waals surface area contributed by atoms with Crippen LogP contribution in [-0.4, -0.2) is 32.4 Å². The molecule has 0 saturated carbocycles. The minimum absolute atomic E-state index is 0.0205. The van der Waals surface area contributed by atoms with Crippen molar-refractivity contribution >= 4 is 28.4 Å². The van der Waals surface area contributed by atoms with Crippen LogP contribution < -0.4 is 5.32 Å². The van der Waals surface area contributed by atoms with Crippen molar-refractivity contribution in [1.29, 1.82) is 0 Å². The van der Waals surface area contributed by atoms with Gasteiger partial charge < -0.3 is 10.4 Å². The van der Waals surface area contributed by atoms with E-state index in [9.17, 15) is 14.9 Å². The number of nitrogens with zero attached hydrogens (tertiary/aromatic N) is 3. The van der Waals surface area contributed by atoms with E-state index in [0.29, 0.717) is 5.69 Å². The minimum Gasteiger partial charge on any atom is -0.480 e. The van der Waals surface area contributed by atoms with Crippen LogP contribution in [0.25, 0.3) is 11.0 Å². The third-order valence-electron chi connectivity index (χ3n) is 2.83. The molecular formula is C11H12N4O5. The molecule has 0 fully saturated rings. The Morgan fingerprint density at radius 3 is 2.60 bits per heavy atom. The average molecular weight is 280 g/mol. The maximum absolute atomic E-state index is 11.2. The van der Waals surface area contributed by atoms with Gasteiger partial charge >= 0.3 is 11.7 Å². The molecule has 106 valence electrons. The summed E-state index contributed by atoms with van der Waals surface area (Å²) in [5, 5.41) is 29.8. The predicted molar refractivity (Wildman–Crippen MR) is 68.3 cm³/mol. The number of aliphatic carboxylic acids is 1. The van der Waals surface area contributed by atoms with Gasteiger partial charge in [0.1, 0.15) is 6.04 Å². The number of fused-ring (bicyclic) bond motifs is 1. The van der Waals surface area contributed by atoms with Gasteiger partial charge in [-0.25, -0.2) is 9.42 Å². The van der Waals surface area contributed by atoms with E-state index >= 15 is 0 Å². The first-order chi connectivity index (χ1) is 9.41. The average Bonchev–Trinajstić information content (AvgIpc) is 2.83. The van der Waals surface area contributed by atoms with Gasteiger partial charge in [-0.1, -0.05) is 13.8 Å². The molecule has 2 aromatic rings. The highest BCUT2D eigenvalue weighted by Gasteiger charge is 2.25. The fourth-order valence-electron chi connectivity index (χ4n) is 1.80. The molecule has 2 N–H and O–H groups in total. The first-order valence-corrected chi connectivity index (χ1v) is 5.80. The third-order valence-corrected chi connectivity index (χ3v) is 2.83. The zero-order chi connectivity index (χ0) is 14.9. The summed E-state index contributed by atoms with van der Waals surface area (Å²) >= 11 is 0. The second kappa shape index (κ2) is 5.11. The fraction of sp³-hybridized carbons (Fsp3) is 0.364. The van der Waals surface area contributed by atoms with Crippen molar-refractivity contribution in [2.45, 2.75) is 19.9 Å². The van der Waals surface area contributed by atoms with Gasteiger partial charge in [0.25, 0.3) is 0 Å². The number of non-ortho nitro benzene ring substituents is 1. The molecule has 1 heterocycles. The van der Waals surface area contributed by atoms with Crippen LogP contribution in [0.3, 0.4) is 0 Å². The van der Waals surface area contributed by atoms with Crippen LogP contribution in [0.4, 0.5) is 11.4 Å². The molecule has 0 aliphatic heterocycles. The molecule has 1 aromatic heterocycles. The number of anilines is 1. The smallest absolute Gasteiger partial charge is 0.326 e. The van der Waals surface area contributed by atoms with E-state index in [0.717, 1.165) is 0 Å². The van der Waals surface area contributed by atoms with E-state index in [1.807, 2.05) is 0 Å². The maximum Gasteiger partial charge on any atom is 0.326 e. The molecule has 0 aliphatic rings. The number of carboxylic acids is 1. The summed E-state index contributed by atoms with van der Waals surface area (Å²) in [6.45, 7) is 3.49. The van der Waals surface area contributed by atoms with Crippen LogP contribution >= 0.6 is 0 Å². The van der Waals surface area contributed by atoms with Crippen molar-refractivity contribution in [3.05, 3.63) is 22.2 Å². The SMILES string of the molecule is CC(C)C(Nc1ccc([N+](=O)[O-])c2nonc12)C(=O)O. The van der Waals surface area contributed by atoms with E-state index in [1.165, 1.54) is 12.1 Å². The van der Waals surface area contributed by atoms with Gasteiger partial charge in [0.2, 0.25) is 5.52 Å². The highest BCUT2D eigenvalue weighted by Crippen LogP contribution is 2.29. The number of aromatic nitrogens is 2. The lowest BCUT2D eigenvalue weighted by Gasteiger charge is -2.18. The minimum atomic E-state index is -1.03. The number of nitro benzene ring substituents is 1. The van der Waals surface area contributed by atoms with E-state index in [4.69, 9.17) is 5.11 Å². The molecule has 9 nitrogen and oxygen atoms in total. The molecule has 1 atom stereocenters. The Morgan fingerprint density at radius 1 is 1.40 bits per heavy atom. The Hall–Kier alpha value is -2.71. The Kier molecular flexibility index (Phi) is 3.51. The van der Waals surface area contributed by atoms with E-state index in [-0.39, 0.29) is 22.6 Å². The normalized spacial score (nSPS) is 12.6.